The summed E-state index contributed by atoms with van der Waals surface area (Å²) in [4.78, 5) is 12.7. The summed E-state index contributed by atoms with van der Waals surface area (Å²) < 4.78 is 2.13. The molecule has 1 aromatic heterocycles. The number of hydrogen-bond acceptors (Lipinski definition) is 1. The number of halogens is 1. The lowest BCUT2D eigenvalue weighted by Crippen LogP contribution is -2.26. The molecule has 0 saturated heterocycles. The molecule has 2 aromatic carbocycles. The Morgan fingerprint density at radius 3 is 2.71 bits per heavy atom. The Hall–Kier alpha value is -2.26. The molecule has 148 valence electrons. The first-order valence-corrected chi connectivity index (χ1v) is 10.5. The molecule has 1 unspecified atom stereocenters. The number of unbranched alkanes of at least 4 members (excludes halogenated alkanes) is 3. The largest absolute Gasteiger partial charge is 0.356 e. The predicted octanol–water partition coefficient (Wildman–Crippen LogP) is 6.05. The minimum atomic E-state index is -0.0274. The van der Waals surface area contributed by atoms with Gasteiger partial charge in [-0.1, -0.05) is 68.1 Å². The fraction of sp³-hybridized carbons (Fsp3) is 0.375. The SMILES string of the molecule is CCCCCCNC(=O)CC(c1cccc(Cl)c1)c1cn(C)c2ccccc12. The first-order chi connectivity index (χ1) is 13.6. The Bertz CT molecular complexity index is 931. The molecule has 1 N–H and O–H groups in total. The maximum atomic E-state index is 12.7. The van der Waals surface area contributed by atoms with Crippen LogP contribution in [0.15, 0.2) is 54.7 Å². The van der Waals surface area contributed by atoms with Gasteiger partial charge in [0.25, 0.3) is 0 Å². The van der Waals surface area contributed by atoms with E-state index in [1.165, 1.54) is 29.3 Å². The van der Waals surface area contributed by atoms with E-state index >= 15 is 0 Å². The number of fused-ring (bicyclic) bond motifs is 1. The standard InChI is InChI=1S/C24H29ClN2O/c1-3-4-5-8-14-26-24(28)16-21(18-10-9-11-19(25)15-18)22-17-27(2)23-13-7-6-12-20(22)23/h6-7,9-13,15,17,21H,3-5,8,14,16H2,1-2H3,(H,26,28). The van der Waals surface area contributed by atoms with Crippen LogP contribution in [0.25, 0.3) is 10.9 Å². The van der Waals surface area contributed by atoms with E-state index in [1.807, 2.05) is 24.3 Å². The summed E-state index contributed by atoms with van der Waals surface area (Å²) in [5.74, 6) is 0.0647. The van der Waals surface area contributed by atoms with Gasteiger partial charge in [-0.2, -0.15) is 0 Å². The maximum absolute atomic E-state index is 12.7. The van der Waals surface area contributed by atoms with Crippen molar-refractivity contribution in [3.63, 3.8) is 0 Å². The fourth-order valence-corrected chi connectivity index (χ4v) is 4.02. The summed E-state index contributed by atoms with van der Waals surface area (Å²) >= 11 is 6.26. The predicted molar refractivity (Wildman–Crippen MR) is 118 cm³/mol. The molecular weight excluding hydrogens is 368 g/mol. The van der Waals surface area contributed by atoms with Gasteiger partial charge in [0.05, 0.1) is 0 Å². The summed E-state index contributed by atoms with van der Waals surface area (Å²) in [5, 5.41) is 4.99. The summed E-state index contributed by atoms with van der Waals surface area (Å²) in [6.45, 7) is 2.94. The summed E-state index contributed by atoms with van der Waals surface area (Å²) in [6, 6.07) is 16.2. The topological polar surface area (TPSA) is 34.0 Å². The normalized spacial score (nSPS) is 12.2. The van der Waals surface area contributed by atoms with Crippen molar-refractivity contribution in [3.05, 3.63) is 70.9 Å². The molecule has 0 bridgehead atoms. The van der Waals surface area contributed by atoms with E-state index in [9.17, 15) is 4.79 Å². The van der Waals surface area contributed by atoms with Crippen molar-refractivity contribution >= 4 is 28.4 Å². The van der Waals surface area contributed by atoms with Gasteiger partial charge in [0, 0.05) is 48.1 Å². The zero-order valence-corrected chi connectivity index (χ0v) is 17.5. The Morgan fingerprint density at radius 2 is 1.93 bits per heavy atom. The molecule has 1 atom stereocenters. The average Bonchev–Trinajstić information content (AvgIpc) is 3.03. The Kier molecular flexibility index (Phi) is 7.16. The third kappa shape index (κ3) is 4.96. The lowest BCUT2D eigenvalue weighted by molar-refractivity contribution is -0.121. The number of aromatic nitrogens is 1. The van der Waals surface area contributed by atoms with Crippen LogP contribution in [0.5, 0.6) is 0 Å². The number of benzene rings is 2. The van der Waals surface area contributed by atoms with Crippen molar-refractivity contribution in [2.45, 2.75) is 44.9 Å². The van der Waals surface area contributed by atoms with E-state index in [0.29, 0.717) is 11.4 Å². The van der Waals surface area contributed by atoms with Crippen molar-refractivity contribution in [2.75, 3.05) is 6.54 Å². The zero-order chi connectivity index (χ0) is 19.9. The number of nitrogens with one attached hydrogen (secondary N) is 1. The number of para-hydroxylation sites is 1. The Balaban J connectivity index is 1.85. The highest BCUT2D eigenvalue weighted by Gasteiger charge is 2.22. The van der Waals surface area contributed by atoms with E-state index in [2.05, 4.69) is 54.3 Å². The van der Waals surface area contributed by atoms with Crippen molar-refractivity contribution in [2.24, 2.45) is 7.05 Å². The van der Waals surface area contributed by atoms with Crippen LogP contribution in [0.4, 0.5) is 0 Å². The second kappa shape index (κ2) is 9.79. The summed E-state index contributed by atoms with van der Waals surface area (Å²) in [5.41, 5.74) is 3.41. The smallest absolute Gasteiger partial charge is 0.220 e. The van der Waals surface area contributed by atoms with Crippen LogP contribution in [-0.4, -0.2) is 17.0 Å². The van der Waals surface area contributed by atoms with Gasteiger partial charge >= 0.3 is 0 Å². The first kappa shape index (κ1) is 20.5. The number of rotatable bonds is 9. The molecule has 1 heterocycles. The highest BCUT2D eigenvalue weighted by Crippen LogP contribution is 2.35. The molecule has 0 spiro atoms. The summed E-state index contributed by atoms with van der Waals surface area (Å²) in [7, 11) is 2.05. The molecule has 0 saturated carbocycles. The highest BCUT2D eigenvalue weighted by atomic mass is 35.5. The minimum Gasteiger partial charge on any atom is -0.356 e. The van der Waals surface area contributed by atoms with Gasteiger partial charge < -0.3 is 9.88 Å². The molecule has 0 aliphatic heterocycles. The molecule has 0 aliphatic carbocycles. The van der Waals surface area contributed by atoms with Crippen LogP contribution in [0, 0.1) is 0 Å². The molecule has 0 fully saturated rings. The second-order valence-corrected chi connectivity index (χ2v) is 7.87. The average molecular weight is 397 g/mol. The van der Waals surface area contributed by atoms with E-state index in [4.69, 9.17) is 11.6 Å². The summed E-state index contributed by atoms with van der Waals surface area (Å²) in [6.07, 6.45) is 7.18. The minimum absolute atomic E-state index is 0.0274. The van der Waals surface area contributed by atoms with Gasteiger partial charge in [-0.05, 0) is 35.7 Å². The number of carbonyl (C=O) groups excluding carboxylic acids is 1. The van der Waals surface area contributed by atoms with Crippen molar-refractivity contribution in [1.82, 2.24) is 9.88 Å². The lowest BCUT2D eigenvalue weighted by atomic mass is 9.88. The van der Waals surface area contributed by atoms with Gasteiger partial charge in [-0.3, -0.25) is 4.79 Å². The molecule has 3 rings (SSSR count). The fourth-order valence-electron chi connectivity index (χ4n) is 3.82. The third-order valence-corrected chi connectivity index (χ3v) is 5.53. The third-order valence-electron chi connectivity index (χ3n) is 5.30. The molecule has 3 aromatic rings. The molecule has 28 heavy (non-hydrogen) atoms. The van der Waals surface area contributed by atoms with E-state index < -0.39 is 0 Å². The van der Waals surface area contributed by atoms with Crippen molar-refractivity contribution < 1.29 is 4.79 Å². The van der Waals surface area contributed by atoms with Crippen molar-refractivity contribution in [1.29, 1.82) is 0 Å². The molecular formula is C24H29ClN2O. The number of nitrogens with zero attached hydrogens (tertiary/aromatic N) is 1. The number of amides is 1. The number of hydrogen-bond donors (Lipinski definition) is 1. The monoisotopic (exact) mass is 396 g/mol. The van der Waals surface area contributed by atoms with Crippen LogP contribution in [0.2, 0.25) is 5.02 Å². The quantitative estimate of drug-likeness (QED) is 0.439. The van der Waals surface area contributed by atoms with Gasteiger partial charge in [0.1, 0.15) is 0 Å². The van der Waals surface area contributed by atoms with Crippen LogP contribution in [0.1, 0.15) is 56.1 Å². The highest BCUT2D eigenvalue weighted by molar-refractivity contribution is 6.30. The Labute approximate surface area is 172 Å². The van der Waals surface area contributed by atoms with Gasteiger partial charge in [0.15, 0.2) is 0 Å². The van der Waals surface area contributed by atoms with Crippen LogP contribution >= 0.6 is 11.6 Å². The second-order valence-electron chi connectivity index (χ2n) is 7.43. The Morgan fingerprint density at radius 1 is 1.11 bits per heavy atom. The molecule has 3 nitrogen and oxygen atoms in total. The number of carbonyl (C=O) groups is 1. The van der Waals surface area contributed by atoms with Crippen LogP contribution in [0.3, 0.4) is 0 Å². The zero-order valence-electron chi connectivity index (χ0n) is 16.7. The van der Waals surface area contributed by atoms with E-state index in [0.717, 1.165) is 24.9 Å². The first-order valence-electron chi connectivity index (χ1n) is 10.2. The van der Waals surface area contributed by atoms with E-state index in [-0.39, 0.29) is 11.8 Å². The lowest BCUT2D eigenvalue weighted by Gasteiger charge is -2.17. The van der Waals surface area contributed by atoms with Crippen LogP contribution in [-0.2, 0) is 11.8 Å². The van der Waals surface area contributed by atoms with Gasteiger partial charge in [-0.25, -0.2) is 0 Å². The molecule has 0 radical (unpaired) electrons. The van der Waals surface area contributed by atoms with Crippen LogP contribution < -0.4 is 5.32 Å². The molecule has 1 amide bonds. The van der Waals surface area contributed by atoms with E-state index in [1.54, 1.807) is 0 Å². The van der Waals surface area contributed by atoms with Crippen molar-refractivity contribution in [3.8, 4) is 0 Å². The molecule has 4 heteroatoms. The number of aryl methyl sites for hydroxylation is 1. The molecule has 0 aliphatic rings. The van der Waals surface area contributed by atoms with Gasteiger partial charge in [-0.15, -0.1) is 0 Å². The maximum Gasteiger partial charge on any atom is 0.220 e. The van der Waals surface area contributed by atoms with Gasteiger partial charge in [0.2, 0.25) is 5.91 Å².